The van der Waals surface area contributed by atoms with Crippen molar-refractivity contribution < 1.29 is 80.2 Å². The summed E-state index contributed by atoms with van der Waals surface area (Å²) in [6.07, 6.45) is 54.3. The van der Waals surface area contributed by atoms with E-state index in [1.165, 1.54) is 193 Å². The fraction of sp³-hybridized carbons (Fsp3) is 0.945. The Bertz CT molecular complexity index is 1770. The van der Waals surface area contributed by atoms with Crippen molar-refractivity contribution in [3.8, 4) is 0 Å². The van der Waals surface area contributed by atoms with E-state index in [0.717, 1.165) is 109 Å². The van der Waals surface area contributed by atoms with E-state index in [4.69, 9.17) is 37.0 Å². The van der Waals surface area contributed by atoms with Gasteiger partial charge in [-0.15, -0.1) is 0 Å². The zero-order valence-corrected chi connectivity index (χ0v) is 61.5. The molecular weight excluding hydrogens is 1210 g/mol. The van der Waals surface area contributed by atoms with Crippen LogP contribution in [-0.2, 0) is 65.4 Å². The van der Waals surface area contributed by atoms with Crippen molar-refractivity contribution in [1.82, 2.24) is 0 Å². The van der Waals surface area contributed by atoms with Gasteiger partial charge in [-0.1, -0.05) is 330 Å². The van der Waals surface area contributed by atoms with Gasteiger partial charge in [0.2, 0.25) is 0 Å². The van der Waals surface area contributed by atoms with Crippen LogP contribution in [0.25, 0.3) is 0 Å². The first-order chi connectivity index (χ1) is 44.6. The van der Waals surface area contributed by atoms with Gasteiger partial charge in [-0.2, -0.15) is 0 Å². The number of esters is 4. The first-order valence-corrected chi connectivity index (χ1v) is 41.2. The molecule has 0 aliphatic heterocycles. The van der Waals surface area contributed by atoms with Crippen molar-refractivity contribution in [2.75, 3.05) is 39.6 Å². The van der Waals surface area contributed by atoms with Crippen molar-refractivity contribution in [2.45, 2.75) is 400 Å². The fourth-order valence-corrected chi connectivity index (χ4v) is 12.7. The standard InChI is InChI=1S/C73H142O17P2/c1-6-10-13-16-19-21-23-25-26-27-28-29-30-31-32-33-35-37-44-49-54-59-73(78)90-69(63-84-71(76)57-52-47-42-39-38-41-45-50-55-66(5)9-4)65-88-92(81,82)86-61-67(74)60-85-91(79,80)87-64-68(62-83-70(75)56-51-46-40-18-15-12-8-3)89-72(77)58-53-48-43-36-34-24-22-20-17-14-11-7-2/h66-69,74H,6-65H2,1-5H3,(H,79,80)(H,81,82)/t66?,67-,68+,69+/m0/s1. The summed E-state index contributed by atoms with van der Waals surface area (Å²) in [7, 11) is -9.90. The molecule has 3 N–H and O–H groups in total. The van der Waals surface area contributed by atoms with Crippen LogP contribution in [0.5, 0.6) is 0 Å². The highest BCUT2D eigenvalue weighted by molar-refractivity contribution is 7.47. The van der Waals surface area contributed by atoms with Gasteiger partial charge in [0, 0.05) is 25.7 Å². The molecule has 17 nitrogen and oxygen atoms in total. The van der Waals surface area contributed by atoms with Gasteiger partial charge in [0.1, 0.15) is 19.3 Å². The highest BCUT2D eigenvalue weighted by atomic mass is 31.2. The van der Waals surface area contributed by atoms with Gasteiger partial charge < -0.3 is 33.8 Å². The molecule has 0 aliphatic rings. The van der Waals surface area contributed by atoms with Gasteiger partial charge in [0.25, 0.3) is 0 Å². The van der Waals surface area contributed by atoms with Crippen LogP contribution in [-0.4, -0.2) is 96.7 Å². The molecule has 0 radical (unpaired) electrons. The second-order valence-corrected chi connectivity index (χ2v) is 29.5. The van der Waals surface area contributed by atoms with E-state index in [0.29, 0.717) is 25.7 Å². The molecule has 0 heterocycles. The molecule has 0 fully saturated rings. The monoisotopic (exact) mass is 1350 g/mol. The molecule has 0 spiro atoms. The third kappa shape index (κ3) is 65.4. The molecule has 0 amide bonds. The molecule has 0 saturated heterocycles. The van der Waals surface area contributed by atoms with Crippen LogP contribution in [0.15, 0.2) is 0 Å². The summed E-state index contributed by atoms with van der Waals surface area (Å²) in [6.45, 7) is 7.23. The van der Waals surface area contributed by atoms with Crippen molar-refractivity contribution in [2.24, 2.45) is 5.92 Å². The van der Waals surface area contributed by atoms with E-state index in [1.807, 2.05) is 0 Å². The molecule has 19 heteroatoms. The lowest BCUT2D eigenvalue weighted by atomic mass is 9.99. The first kappa shape index (κ1) is 90.1. The molecule has 0 bridgehead atoms. The Labute approximate surface area is 562 Å². The second kappa shape index (κ2) is 66.3. The van der Waals surface area contributed by atoms with E-state index in [1.54, 1.807) is 0 Å². The number of phosphoric ester groups is 2. The van der Waals surface area contributed by atoms with E-state index < -0.39 is 97.5 Å². The zero-order chi connectivity index (χ0) is 67.7. The predicted octanol–water partition coefficient (Wildman–Crippen LogP) is 21.3. The molecule has 6 atom stereocenters. The summed E-state index contributed by atoms with van der Waals surface area (Å²) in [5, 5.41) is 10.6. The summed E-state index contributed by atoms with van der Waals surface area (Å²) < 4.78 is 68.3. The maximum absolute atomic E-state index is 13.0. The van der Waals surface area contributed by atoms with Crippen molar-refractivity contribution in [1.29, 1.82) is 0 Å². The maximum Gasteiger partial charge on any atom is 0.472 e. The van der Waals surface area contributed by atoms with E-state index in [-0.39, 0.29) is 25.7 Å². The van der Waals surface area contributed by atoms with Gasteiger partial charge in [-0.3, -0.25) is 37.3 Å². The number of carbonyl (C=O) groups excluding carboxylic acids is 4. The average Bonchev–Trinajstić information content (AvgIpc) is 2.43. The Morgan fingerprint density at radius 1 is 0.304 bits per heavy atom. The summed E-state index contributed by atoms with van der Waals surface area (Å²) >= 11 is 0. The van der Waals surface area contributed by atoms with E-state index in [2.05, 4.69) is 34.6 Å². The average molecular weight is 1350 g/mol. The van der Waals surface area contributed by atoms with Gasteiger partial charge in [-0.05, 0) is 31.6 Å². The number of unbranched alkanes of at least 4 members (excludes halogenated alkanes) is 44. The van der Waals surface area contributed by atoms with Crippen LogP contribution < -0.4 is 0 Å². The van der Waals surface area contributed by atoms with Crippen LogP contribution >= 0.6 is 15.6 Å². The van der Waals surface area contributed by atoms with Crippen LogP contribution in [0, 0.1) is 5.92 Å². The van der Waals surface area contributed by atoms with Gasteiger partial charge >= 0.3 is 39.5 Å². The number of carbonyl (C=O) groups is 4. The number of aliphatic hydroxyl groups is 1. The minimum absolute atomic E-state index is 0.107. The number of aliphatic hydroxyl groups excluding tert-OH is 1. The fourth-order valence-electron chi connectivity index (χ4n) is 11.1. The number of phosphoric acid groups is 2. The Kier molecular flexibility index (Phi) is 64.9. The Morgan fingerprint density at radius 3 is 0.772 bits per heavy atom. The highest BCUT2D eigenvalue weighted by Gasteiger charge is 2.30. The number of rotatable bonds is 73. The summed E-state index contributed by atoms with van der Waals surface area (Å²) in [5.41, 5.74) is 0. The van der Waals surface area contributed by atoms with Crippen molar-refractivity contribution in [3.63, 3.8) is 0 Å². The number of hydrogen-bond acceptors (Lipinski definition) is 15. The zero-order valence-electron chi connectivity index (χ0n) is 59.7. The van der Waals surface area contributed by atoms with E-state index in [9.17, 15) is 43.2 Å². The lowest BCUT2D eigenvalue weighted by Gasteiger charge is -2.21. The highest BCUT2D eigenvalue weighted by Crippen LogP contribution is 2.45. The normalized spacial score (nSPS) is 14.3. The van der Waals surface area contributed by atoms with Crippen molar-refractivity contribution >= 4 is 39.5 Å². The van der Waals surface area contributed by atoms with Crippen LogP contribution in [0.1, 0.15) is 381 Å². The topological polar surface area (TPSA) is 237 Å². The number of ether oxygens (including phenoxy) is 4. The molecule has 0 rings (SSSR count). The van der Waals surface area contributed by atoms with Gasteiger partial charge in [-0.25, -0.2) is 9.13 Å². The van der Waals surface area contributed by atoms with Crippen LogP contribution in [0.3, 0.4) is 0 Å². The maximum atomic E-state index is 13.0. The number of hydrogen-bond donors (Lipinski definition) is 3. The molecule has 0 saturated carbocycles. The Morgan fingerprint density at radius 2 is 0.522 bits per heavy atom. The Balaban J connectivity index is 5.15. The lowest BCUT2D eigenvalue weighted by Crippen LogP contribution is -2.30. The summed E-state index contributed by atoms with van der Waals surface area (Å²) in [4.78, 5) is 72.5. The summed E-state index contributed by atoms with van der Waals surface area (Å²) in [5.74, 6) is -1.35. The molecule has 0 aliphatic carbocycles. The molecule has 546 valence electrons. The SMILES string of the molecule is CCCCCCCCCCCCCCCCCCCCCCCC(=O)O[C@H](COC(=O)CCCCCCCCCCC(C)CC)COP(=O)(O)OC[C@@H](O)COP(=O)(O)OC[C@@H](COC(=O)CCCCCCCCC)OC(=O)CCCCCCCCCCCCCC. The van der Waals surface area contributed by atoms with Gasteiger partial charge in [0.15, 0.2) is 12.2 Å². The molecular formula is C73H142O17P2. The van der Waals surface area contributed by atoms with Crippen LogP contribution in [0.2, 0.25) is 0 Å². The third-order valence-corrected chi connectivity index (χ3v) is 19.3. The second-order valence-electron chi connectivity index (χ2n) is 26.6. The molecule has 92 heavy (non-hydrogen) atoms. The van der Waals surface area contributed by atoms with Crippen LogP contribution in [0.4, 0.5) is 0 Å². The Hall–Kier alpha value is -1.94. The lowest BCUT2D eigenvalue weighted by molar-refractivity contribution is -0.161. The largest absolute Gasteiger partial charge is 0.472 e. The smallest absolute Gasteiger partial charge is 0.462 e. The molecule has 0 aromatic rings. The van der Waals surface area contributed by atoms with E-state index >= 15 is 0 Å². The molecule has 0 aromatic carbocycles. The molecule has 3 unspecified atom stereocenters. The quantitative estimate of drug-likeness (QED) is 0.0222. The molecule has 0 aromatic heterocycles. The third-order valence-electron chi connectivity index (χ3n) is 17.4. The minimum atomic E-state index is -4.95. The predicted molar refractivity (Wildman–Crippen MR) is 372 cm³/mol. The van der Waals surface area contributed by atoms with Crippen molar-refractivity contribution in [3.05, 3.63) is 0 Å². The first-order valence-electron chi connectivity index (χ1n) is 38.2. The summed E-state index contributed by atoms with van der Waals surface area (Å²) in [6, 6.07) is 0. The minimum Gasteiger partial charge on any atom is -0.462 e. The van der Waals surface area contributed by atoms with Gasteiger partial charge in [0.05, 0.1) is 26.4 Å².